The minimum Gasteiger partial charge on any atom is -0.495 e. The maximum absolute atomic E-state index is 12.2. The molecule has 0 spiro atoms. The second-order valence-corrected chi connectivity index (χ2v) is 6.61. The van der Waals surface area contributed by atoms with Crippen molar-refractivity contribution < 1.29 is 14.3 Å². The van der Waals surface area contributed by atoms with Gasteiger partial charge in [0.2, 0.25) is 0 Å². The second kappa shape index (κ2) is 8.38. The molecule has 1 aromatic carbocycles. The van der Waals surface area contributed by atoms with E-state index in [2.05, 4.69) is 15.6 Å². The van der Waals surface area contributed by atoms with E-state index in [0.29, 0.717) is 23.0 Å². The van der Waals surface area contributed by atoms with Gasteiger partial charge in [0.05, 0.1) is 30.8 Å². The van der Waals surface area contributed by atoms with E-state index in [0.717, 1.165) is 36.4 Å². The lowest BCUT2D eigenvalue weighted by atomic mass is 10.2. The molecular formula is C19H22ClN3O3. The molecule has 2 N–H and O–H groups in total. The number of aromatic nitrogens is 1. The first-order chi connectivity index (χ1) is 12.6. The summed E-state index contributed by atoms with van der Waals surface area (Å²) in [4.78, 5) is 16.4. The summed E-state index contributed by atoms with van der Waals surface area (Å²) in [5, 5.41) is 6.74. The highest BCUT2D eigenvalue weighted by molar-refractivity contribution is 6.31. The van der Waals surface area contributed by atoms with Crippen molar-refractivity contribution in [2.45, 2.75) is 25.9 Å². The summed E-state index contributed by atoms with van der Waals surface area (Å²) >= 11 is 6.13. The lowest BCUT2D eigenvalue weighted by Gasteiger charge is -2.13. The number of amides is 1. The number of ether oxygens (including phenoxy) is 2. The Morgan fingerprint density at radius 3 is 2.92 bits per heavy atom. The molecule has 0 saturated carbocycles. The molecule has 0 aliphatic carbocycles. The first-order valence-electron chi connectivity index (χ1n) is 8.54. The van der Waals surface area contributed by atoms with Crippen molar-refractivity contribution in [1.82, 2.24) is 10.3 Å². The van der Waals surface area contributed by atoms with Crippen LogP contribution in [0.5, 0.6) is 5.75 Å². The van der Waals surface area contributed by atoms with Crippen molar-refractivity contribution >= 4 is 28.9 Å². The summed E-state index contributed by atoms with van der Waals surface area (Å²) in [5.74, 6) is 0.436. The number of rotatable bonds is 6. The van der Waals surface area contributed by atoms with Crippen molar-refractivity contribution in [2.24, 2.45) is 0 Å². The Labute approximate surface area is 157 Å². The van der Waals surface area contributed by atoms with Gasteiger partial charge in [-0.05, 0) is 43.5 Å². The van der Waals surface area contributed by atoms with Crippen LogP contribution in [0.4, 0.5) is 11.4 Å². The number of aryl methyl sites for hydroxylation is 1. The molecule has 0 bridgehead atoms. The van der Waals surface area contributed by atoms with E-state index in [1.807, 2.05) is 13.0 Å². The van der Waals surface area contributed by atoms with Crippen molar-refractivity contribution in [3.8, 4) is 5.75 Å². The van der Waals surface area contributed by atoms with Crippen LogP contribution in [-0.2, 0) is 4.74 Å². The molecule has 3 rings (SSSR count). The smallest absolute Gasteiger partial charge is 0.269 e. The van der Waals surface area contributed by atoms with Gasteiger partial charge < -0.3 is 20.1 Å². The number of halogens is 1. The van der Waals surface area contributed by atoms with Crippen LogP contribution in [-0.4, -0.2) is 37.3 Å². The molecule has 0 radical (unpaired) electrons. The molecule has 1 saturated heterocycles. The summed E-state index contributed by atoms with van der Waals surface area (Å²) in [7, 11) is 1.59. The predicted octanol–water partition coefficient (Wildman–Crippen LogP) is 3.70. The highest BCUT2D eigenvalue weighted by atomic mass is 35.5. The van der Waals surface area contributed by atoms with E-state index in [1.165, 1.54) is 0 Å². The van der Waals surface area contributed by atoms with E-state index in [4.69, 9.17) is 21.1 Å². The van der Waals surface area contributed by atoms with Gasteiger partial charge in [0, 0.05) is 24.2 Å². The monoisotopic (exact) mass is 375 g/mol. The molecule has 1 aliphatic rings. The van der Waals surface area contributed by atoms with Crippen LogP contribution in [0.25, 0.3) is 0 Å². The van der Waals surface area contributed by atoms with E-state index < -0.39 is 0 Å². The first kappa shape index (κ1) is 18.5. The first-order valence-corrected chi connectivity index (χ1v) is 8.91. The van der Waals surface area contributed by atoms with Gasteiger partial charge in [-0.2, -0.15) is 0 Å². The number of hydrogen-bond acceptors (Lipinski definition) is 5. The van der Waals surface area contributed by atoms with Crippen molar-refractivity contribution in [1.29, 1.82) is 0 Å². The zero-order valence-electron chi connectivity index (χ0n) is 14.8. The molecule has 138 valence electrons. The summed E-state index contributed by atoms with van der Waals surface area (Å²) in [6, 6.07) is 7.16. The number of benzene rings is 1. The van der Waals surface area contributed by atoms with Crippen LogP contribution >= 0.6 is 11.6 Å². The van der Waals surface area contributed by atoms with E-state index in [-0.39, 0.29) is 12.0 Å². The van der Waals surface area contributed by atoms with Crippen molar-refractivity contribution in [3.05, 3.63) is 46.7 Å². The zero-order chi connectivity index (χ0) is 18.5. The number of pyridine rings is 1. The summed E-state index contributed by atoms with van der Waals surface area (Å²) in [6.45, 7) is 3.21. The summed E-state index contributed by atoms with van der Waals surface area (Å²) in [6.07, 6.45) is 3.76. The third-order valence-corrected chi connectivity index (χ3v) is 4.68. The number of nitrogens with one attached hydrogen (secondary N) is 2. The van der Waals surface area contributed by atoms with E-state index in [9.17, 15) is 4.79 Å². The average Bonchev–Trinajstić information content (AvgIpc) is 3.17. The molecule has 7 heteroatoms. The van der Waals surface area contributed by atoms with Gasteiger partial charge in [0.25, 0.3) is 5.91 Å². The minimum absolute atomic E-state index is 0.112. The number of methoxy groups -OCH3 is 1. The lowest BCUT2D eigenvalue weighted by Crippen LogP contribution is -2.32. The standard InChI is InChI=1S/C19H22ClN3O3/c1-12-8-17(18(25-2)9-15(12)20)23-13-5-6-16(21-10-13)19(24)22-11-14-4-3-7-26-14/h5-6,8-10,14,23H,3-4,7,11H2,1-2H3,(H,22,24). The van der Waals surface area contributed by atoms with Crippen molar-refractivity contribution in [2.75, 3.05) is 25.6 Å². The Hall–Kier alpha value is -2.31. The molecule has 2 heterocycles. The average molecular weight is 376 g/mol. The Kier molecular flexibility index (Phi) is 5.96. The fourth-order valence-corrected chi connectivity index (χ4v) is 2.94. The Morgan fingerprint density at radius 1 is 1.42 bits per heavy atom. The predicted molar refractivity (Wildman–Crippen MR) is 102 cm³/mol. The van der Waals surface area contributed by atoms with Gasteiger partial charge in [-0.1, -0.05) is 11.6 Å². The highest BCUT2D eigenvalue weighted by Crippen LogP contribution is 2.32. The number of carbonyl (C=O) groups excluding carboxylic acids is 1. The zero-order valence-corrected chi connectivity index (χ0v) is 15.6. The van der Waals surface area contributed by atoms with Crippen LogP contribution in [0.1, 0.15) is 28.9 Å². The topological polar surface area (TPSA) is 72.5 Å². The van der Waals surface area contributed by atoms with Crippen LogP contribution < -0.4 is 15.4 Å². The number of nitrogens with zero attached hydrogens (tertiary/aromatic N) is 1. The molecule has 1 aliphatic heterocycles. The maximum Gasteiger partial charge on any atom is 0.269 e. The quantitative estimate of drug-likeness (QED) is 0.805. The molecule has 1 unspecified atom stereocenters. The minimum atomic E-state index is -0.202. The maximum atomic E-state index is 12.2. The third-order valence-electron chi connectivity index (χ3n) is 4.27. The van der Waals surface area contributed by atoms with Gasteiger partial charge in [0.15, 0.2) is 0 Å². The van der Waals surface area contributed by atoms with Gasteiger partial charge in [0.1, 0.15) is 11.4 Å². The van der Waals surface area contributed by atoms with E-state index in [1.54, 1.807) is 31.5 Å². The van der Waals surface area contributed by atoms with E-state index >= 15 is 0 Å². The van der Waals surface area contributed by atoms with Crippen molar-refractivity contribution in [3.63, 3.8) is 0 Å². The largest absolute Gasteiger partial charge is 0.495 e. The highest BCUT2D eigenvalue weighted by Gasteiger charge is 2.17. The molecule has 26 heavy (non-hydrogen) atoms. The normalized spacial score (nSPS) is 16.3. The molecule has 6 nitrogen and oxygen atoms in total. The molecule has 2 aromatic rings. The SMILES string of the molecule is COc1cc(Cl)c(C)cc1Nc1ccc(C(=O)NCC2CCCO2)nc1. The molecule has 1 amide bonds. The number of anilines is 2. The molecule has 1 aromatic heterocycles. The second-order valence-electron chi connectivity index (χ2n) is 6.20. The lowest BCUT2D eigenvalue weighted by molar-refractivity contribution is 0.0854. The Balaban J connectivity index is 1.64. The van der Waals surface area contributed by atoms with Gasteiger partial charge >= 0.3 is 0 Å². The van der Waals surface area contributed by atoms with Gasteiger partial charge in [-0.15, -0.1) is 0 Å². The van der Waals surface area contributed by atoms with Crippen LogP contribution in [0.3, 0.4) is 0 Å². The van der Waals surface area contributed by atoms with Gasteiger partial charge in [-0.25, -0.2) is 4.98 Å². The summed E-state index contributed by atoms with van der Waals surface area (Å²) < 4.78 is 10.9. The molecule has 1 fully saturated rings. The number of carbonyl (C=O) groups is 1. The van der Waals surface area contributed by atoms with Crippen LogP contribution in [0.15, 0.2) is 30.5 Å². The fourth-order valence-electron chi connectivity index (χ4n) is 2.79. The fraction of sp³-hybridized carbons (Fsp3) is 0.368. The number of hydrogen-bond donors (Lipinski definition) is 2. The van der Waals surface area contributed by atoms with Crippen LogP contribution in [0.2, 0.25) is 5.02 Å². The molecule has 1 atom stereocenters. The Bertz CT molecular complexity index is 774. The van der Waals surface area contributed by atoms with Crippen LogP contribution in [0, 0.1) is 6.92 Å². The molecular weight excluding hydrogens is 354 g/mol. The Morgan fingerprint density at radius 2 is 2.27 bits per heavy atom. The summed E-state index contributed by atoms with van der Waals surface area (Å²) in [5.41, 5.74) is 2.84. The third kappa shape index (κ3) is 4.45. The van der Waals surface area contributed by atoms with Gasteiger partial charge in [-0.3, -0.25) is 4.79 Å².